The minimum absolute atomic E-state index is 0.188. The average molecular weight is 374 g/mol. The molecule has 0 aromatic heterocycles. The van der Waals surface area contributed by atoms with Gasteiger partial charge in [-0.25, -0.2) is 0 Å². The van der Waals surface area contributed by atoms with Crippen LogP contribution in [0.2, 0.25) is 5.02 Å². The molecule has 2 aromatic carbocycles. The monoisotopic (exact) mass is 373 g/mol. The van der Waals surface area contributed by atoms with Gasteiger partial charge in [-0.1, -0.05) is 61.7 Å². The Labute approximate surface area is 159 Å². The van der Waals surface area contributed by atoms with Gasteiger partial charge < -0.3 is 15.5 Å². The lowest BCUT2D eigenvalue weighted by atomic mass is 10.1. The number of carbonyl (C=O) groups is 1. The Hall–Kier alpha value is -2.14. The zero-order chi connectivity index (χ0) is 18.9. The first-order valence-corrected chi connectivity index (χ1v) is 9.11. The fraction of sp³-hybridized carbons (Fsp3) is 0.286. The SMILES string of the molecule is CCCCCc1ccc(/C=C/C(=O)Nc2cc(Cl)ccc2C(O)O)cc1. The Morgan fingerprint density at radius 3 is 2.54 bits per heavy atom. The quantitative estimate of drug-likeness (QED) is 0.356. The number of aliphatic hydroxyl groups is 2. The number of benzene rings is 2. The van der Waals surface area contributed by atoms with E-state index in [-0.39, 0.29) is 17.2 Å². The average Bonchev–Trinajstić information content (AvgIpc) is 2.61. The molecule has 0 atom stereocenters. The normalized spacial score (nSPS) is 11.3. The van der Waals surface area contributed by atoms with Crippen molar-refractivity contribution in [1.82, 2.24) is 0 Å². The smallest absolute Gasteiger partial charge is 0.248 e. The number of carbonyl (C=O) groups excluding carboxylic acids is 1. The highest BCUT2D eigenvalue weighted by Gasteiger charge is 2.11. The van der Waals surface area contributed by atoms with Crippen LogP contribution in [0, 0.1) is 0 Å². The highest BCUT2D eigenvalue weighted by atomic mass is 35.5. The molecular formula is C21H24ClNO3. The van der Waals surface area contributed by atoms with Crippen molar-refractivity contribution < 1.29 is 15.0 Å². The minimum atomic E-state index is -1.69. The summed E-state index contributed by atoms with van der Waals surface area (Å²) in [5.41, 5.74) is 2.68. The van der Waals surface area contributed by atoms with E-state index in [1.807, 2.05) is 12.1 Å². The van der Waals surface area contributed by atoms with Crippen LogP contribution < -0.4 is 5.32 Å². The molecule has 0 radical (unpaired) electrons. The number of anilines is 1. The maximum atomic E-state index is 12.1. The van der Waals surface area contributed by atoms with Gasteiger partial charge in [0.1, 0.15) is 0 Å². The molecule has 3 N–H and O–H groups in total. The summed E-state index contributed by atoms with van der Waals surface area (Å²) >= 11 is 5.91. The van der Waals surface area contributed by atoms with E-state index in [2.05, 4.69) is 24.4 Å². The molecule has 1 amide bonds. The number of amides is 1. The summed E-state index contributed by atoms with van der Waals surface area (Å²) in [6, 6.07) is 12.6. The molecule has 138 valence electrons. The van der Waals surface area contributed by atoms with E-state index in [0.717, 1.165) is 12.0 Å². The second-order valence-electron chi connectivity index (χ2n) is 6.13. The van der Waals surface area contributed by atoms with E-state index in [1.165, 1.54) is 49.1 Å². The van der Waals surface area contributed by atoms with Gasteiger partial charge in [0.2, 0.25) is 5.91 Å². The van der Waals surface area contributed by atoms with Crippen LogP contribution >= 0.6 is 11.6 Å². The molecule has 0 fully saturated rings. The topological polar surface area (TPSA) is 69.6 Å². The number of nitrogens with one attached hydrogen (secondary N) is 1. The zero-order valence-corrected chi connectivity index (χ0v) is 15.5. The van der Waals surface area contributed by atoms with Crippen molar-refractivity contribution in [2.45, 2.75) is 38.9 Å². The van der Waals surface area contributed by atoms with Crippen molar-refractivity contribution in [2.75, 3.05) is 5.32 Å². The van der Waals surface area contributed by atoms with Gasteiger partial charge >= 0.3 is 0 Å². The van der Waals surface area contributed by atoms with Crippen molar-refractivity contribution in [1.29, 1.82) is 0 Å². The van der Waals surface area contributed by atoms with Crippen LogP contribution in [0.15, 0.2) is 48.5 Å². The van der Waals surface area contributed by atoms with Gasteiger partial charge in [-0.05, 0) is 42.2 Å². The predicted molar refractivity (Wildman–Crippen MR) is 106 cm³/mol. The van der Waals surface area contributed by atoms with Crippen LogP contribution in [0.1, 0.15) is 49.2 Å². The maximum Gasteiger partial charge on any atom is 0.248 e. The first-order chi connectivity index (χ1) is 12.5. The minimum Gasteiger partial charge on any atom is -0.364 e. The molecule has 0 aliphatic heterocycles. The molecular weight excluding hydrogens is 350 g/mol. The van der Waals surface area contributed by atoms with Crippen LogP contribution in [0.5, 0.6) is 0 Å². The molecule has 0 aliphatic rings. The lowest BCUT2D eigenvalue weighted by Crippen LogP contribution is -2.11. The number of hydrogen-bond acceptors (Lipinski definition) is 3. The molecule has 2 aromatic rings. The van der Waals surface area contributed by atoms with E-state index < -0.39 is 6.29 Å². The summed E-state index contributed by atoms with van der Waals surface area (Å²) in [4.78, 5) is 12.1. The maximum absolute atomic E-state index is 12.1. The Morgan fingerprint density at radius 2 is 1.88 bits per heavy atom. The van der Waals surface area contributed by atoms with Gasteiger partial charge in [-0.2, -0.15) is 0 Å². The fourth-order valence-corrected chi connectivity index (χ4v) is 2.75. The summed E-state index contributed by atoms with van der Waals surface area (Å²) < 4.78 is 0. The first-order valence-electron chi connectivity index (χ1n) is 8.73. The first kappa shape index (κ1) is 20.2. The van der Waals surface area contributed by atoms with E-state index in [9.17, 15) is 15.0 Å². The largest absolute Gasteiger partial charge is 0.364 e. The lowest BCUT2D eigenvalue weighted by molar-refractivity contribution is -0.111. The Balaban J connectivity index is 1.98. The van der Waals surface area contributed by atoms with Crippen LogP contribution in [0.3, 0.4) is 0 Å². The summed E-state index contributed by atoms with van der Waals surface area (Å²) in [6.45, 7) is 2.19. The third-order valence-corrected chi connectivity index (χ3v) is 4.26. The molecule has 0 saturated carbocycles. The molecule has 4 nitrogen and oxygen atoms in total. The Kier molecular flexibility index (Phi) is 7.85. The molecule has 0 spiro atoms. The summed E-state index contributed by atoms with van der Waals surface area (Å²) in [7, 11) is 0. The van der Waals surface area contributed by atoms with E-state index in [4.69, 9.17) is 11.6 Å². The third-order valence-electron chi connectivity index (χ3n) is 4.03. The summed E-state index contributed by atoms with van der Waals surface area (Å²) in [5.74, 6) is -0.374. The van der Waals surface area contributed by atoms with Crippen LogP contribution in [-0.2, 0) is 11.2 Å². The molecule has 0 unspecified atom stereocenters. The molecule has 0 bridgehead atoms. The number of rotatable bonds is 8. The van der Waals surface area contributed by atoms with Gasteiger partial charge in [0.25, 0.3) is 0 Å². The molecule has 26 heavy (non-hydrogen) atoms. The number of unbranched alkanes of at least 4 members (excludes halogenated alkanes) is 2. The van der Waals surface area contributed by atoms with Crippen molar-refractivity contribution in [3.63, 3.8) is 0 Å². The highest BCUT2D eigenvalue weighted by Crippen LogP contribution is 2.25. The Bertz CT molecular complexity index is 754. The van der Waals surface area contributed by atoms with Gasteiger partial charge in [-0.15, -0.1) is 0 Å². The van der Waals surface area contributed by atoms with Crippen molar-refractivity contribution >= 4 is 29.3 Å². The standard InChI is InChI=1S/C21H24ClNO3/c1-2-3-4-5-15-6-8-16(9-7-15)10-13-20(24)23-19-14-17(22)11-12-18(19)21(25)26/h6-14,21,25-26H,2-5H2,1H3,(H,23,24)/b13-10+. The van der Waals surface area contributed by atoms with Crippen LogP contribution in [0.4, 0.5) is 5.69 Å². The molecule has 5 heteroatoms. The highest BCUT2D eigenvalue weighted by molar-refractivity contribution is 6.31. The van der Waals surface area contributed by atoms with Crippen LogP contribution in [-0.4, -0.2) is 16.1 Å². The molecule has 0 heterocycles. The summed E-state index contributed by atoms with van der Waals surface area (Å²) in [6.07, 6.45) is 6.12. The van der Waals surface area contributed by atoms with Crippen molar-refractivity contribution in [2.24, 2.45) is 0 Å². The predicted octanol–water partition coefficient (Wildman–Crippen LogP) is 4.71. The number of aryl methyl sites for hydroxylation is 1. The third kappa shape index (κ3) is 6.30. The number of halogens is 1. The van der Waals surface area contributed by atoms with Crippen molar-refractivity contribution in [3.05, 3.63) is 70.3 Å². The molecule has 0 aliphatic carbocycles. The molecule has 0 saturated heterocycles. The van der Waals surface area contributed by atoms with Crippen molar-refractivity contribution in [3.8, 4) is 0 Å². The van der Waals surface area contributed by atoms with Crippen LogP contribution in [0.25, 0.3) is 6.08 Å². The van der Waals surface area contributed by atoms with E-state index >= 15 is 0 Å². The Morgan fingerprint density at radius 1 is 1.15 bits per heavy atom. The van der Waals surface area contributed by atoms with E-state index in [0.29, 0.717) is 5.02 Å². The second-order valence-corrected chi connectivity index (χ2v) is 6.56. The fourth-order valence-electron chi connectivity index (χ4n) is 2.58. The zero-order valence-electron chi connectivity index (χ0n) is 14.8. The number of hydrogen-bond donors (Lipinski definition) is 3. The second kappa shape index (κ2) is 10.1. The van der Waals surface area contributed by atoms with Gasteiger partial charge in [0, 0.05) is 16.7 Å². The van der Waals surface area contributed by atoms with E-state index in [1.54, 1.807) is 6.08 Å². The van der Waals surface area contributed by atoms with Gasteiger partial charge in [-0.3, -0.25) is 4.79 Å². The molecule has 2 rings (SSSR count). The van der Waals surface area contributed by atoms with Gasteiger partial charge in [0.15, 0.2) is 6.29 Å². The summed E-state index contributed by atoms with van der Waals surface area (Å²) in [5, 5.41) is 21.7. The van der Waals surface area contributed by atoms with Gasteiger partial charge in [0.05, 0.1) is 5.69 Å². The number of aliphatic hydroxyl groups excluding tert-OH is 1. The lowest BCUT2D eigenvalue weighted by Gasteiger charge is -2.11.